The summed E-state index contributed by atoms with van der Waals surface area (Å²) in [6.45, 7) is 0.712. The van der Waals surface area contributed by atoms with Crippen LogP contribution < -0.4 is 0 Å². The molecule has 1 rings (SSSR count). The number of halogens is 4. The second-order valence-electron chi connectivity index (χ2n) is 4.16. The molecule has 0 aliphatic heterocycles. The fraction of sp³-hybridized carbons (Fsp3) is 0.250. The quantitative estimate of drug-likeness (QED) is 0.281. The van der Waals surface area contributed by atoms with E-state index >= 15 is 0 Å². The summed E-state index contributed by atoms with van der Waals surface area (Å²) in [5.41, 5.74) is -1.95. The smallest absolute Gasteiger partial charge is 0.300 e. The average molecular weight is 342 g/mol. The van der Waals surface area contributed by atoms with Crippen molar-refractivity contribution in [3.8, 4) is 0 Å². The van der Waals surface area contributed by atoms with Gasteiger partial charge < -0.3 is 5.11 Å². The summed E-state index contributed by atoms with van der Waals surface area (Å²) >= 11 is 0. The lowest BCUT2D eigenvalue weighted by Gasteiger charge is -2.10. The minimum Gasteiger partial charge on any atom is -0.396 e. The van der Waals surface area contributed by atoms with Gasteiger partial charge in [0.15, 0.2) is 33.9 Å². The highest BCUT2D eigenvalue weighted by Gasteiger charge is 2.34. The maximum absolute atomic E-state index is 13.7. The van der Waals surface area contributed by atoms with Gasteiger partial charge in [-0.15, -0.1) is 0 Å². The van der Waals surface area contributed by atoms with Gasteiger partial charge in [0.2, 0.25) is 0 Å². The van der Waals surface area contributed by atoms with Gasteiger partial charge in [-0.05, 0) is 18.9 Å². The topological polar surface area (TPSA) is 91.7 Å². The molecule has 0 aliphatic carbocycles. The lowest BCUT2D eigenvalue weighted by atomic mass is 10.0. The van der Waals surface area contributed by atoms with Crippen LogP contribution in [0, 0.1) is 23.3 Å². The molecule has 0 spiro atoms. The molecule has 0 heterocycles. The van der Waals surface area contributed by atoms with Crippen LogP contribution in [-0.2, 0) is 10.1 Å². The summed E-state index contributed by atoms with van der Waals surface area (Å²) in [5.74, 6) is -10.7. The van der Waals surface area contributed by atoms with Gasteiger partial charge in [-0.25, -0.2) is 17.6 Å². The van der Waals surface area contributed by atoms with E-state index in [1.54, 1.807) is 0 Å². The molecule has 0 fully saturated rings. The number of Topliss-reactive ketones (excluding diaryl/α,β-unsaturated/α-hetero) is 1. The van der Waals surface area contributed by atoms with E-state index in [9.17, 15) is 30.8 Å². The first-order valence-corrected chi connectivity index (χ1v) is 7.13. The van der Waals surface area contributed by atoms with Gasteiger partial charge in [-0.2, -0.15) is 8.42 Å². The third kappa shape index (κ3) is 3.34. The molecule has 0 saturated heterocycles. The number of carbonyl (C=O) groups is 1. The van der Waals surface area contributed by atoms with Crippen molar-refractivity contribution in [2.75, 3.05) is 6.61 Å². The van der Waals surface area contributed by atoms with Crippen LogP contribution in [0.4, 0.5) is 17.6 Å². The van der Waals surface area contributed by atoms with Crippen molar-refractivity contribution in [2.45, 2.75) is 18.2 Å². The molecule has 0 radical (unpaired) electrons. The zero-order valence-corrected chi connectivity index (χ0v) is 11.8. The third-order valence-electron chi connectivity index (χ3n) is 2.65. The van der Waals surface area contributed by atoms with Crippen molar-refractivity contribution in [2.24, 2.45) is 0 Å². The molecule has 0 atom stereocenters. The Morgan fingerprint density at radius 1 is 1.09 bits per heavy atom. The molecular formula is C12H10F4O5S. The Morgan fingerprint density at radius 2 is 1.55 bits per heavy atom. The lowest BCUT2D eigenvalue weighted by molar-refractivity contribution is 0.102. The molecule has 0 aliphatic rings. The van der Waals surface area contributed by atoms with Crippen molar-refractivity contribution in [3.05, 3.63) is 40.5 Å². The van der Waals surface area contributed by atoms with Crippen molar-refractivity contribution >= 4 is 15.9 Å². The molecule has 1 aromatic carbocycles. The molecule has 0 bridgehead atoms. The summed E-state index contributed by atoms with van der Waals surface area (Å²) in [6, 6.07) is 0. The van der Waals surface area contributed by atoms with Gasteiger partial charge in [0.1, 0.15) is 0 Å². The highest BCUT2D eigenvalue weighted by molar-refractivity contribution is 7.85. The number of carbonyl (C=O) groups excluding carboxylic acids is 1. The number of aliphatic hydroxyl groups excluding tert-OH is 1. The molecule has 0 aromatic heterocycles. The second kappa shape index (κ2) is 6.55. The number of allylic oxidation sites excluding steroid dienone is 1. The number of aliphatic hydroxyl groups is 1. The first kappa shape index (κ1) is 18.3. The van der Waals surface area contributed by atoms with Crippen LogP contribution in [-0.4, -0.2) is 30.5 Å². The molecule has 2 N–H and O–H groups in total. The van der Waals surface area contributed by atoms with Crippen molar-refractivity contribution in [1.29, 1.82) is 0 Å². The van der Waals surface area contributed by atoms with E-state index in [1.165, 1.54) is 0 Å². The summed E-state index contributed by atoms with van der Waals surface area (Å²) in [6.07, 6.45) is 1.03. The number of hydrogen-bond acceptors (Lipinski definition) is 4. The lowest BCUT2D eigenvalue weighted by Crippen LogP contribution is -2.16. The number of benzene rings is 1. The van der Waals surface area contributed by atoms with Crippen LogP contribution in [0.2, 0.25) is 0 Å². The van der Waals surface area contributed by atoms with E-state index in [4.69, 9.17) is 9.66 Å². The predicted molar refractivity (Wildman–Crippen MR) is 65.9 cm³/mol. The van der Waals surface area contributed by atoms with Gasteiger partial charge >= 0.3 is 10.1 Å². The first-order chi connectivity index (χ1) is 10.0. The fourth-order valence-corrected chi connectivity index (χ4v) is 2.24. The van der Waals surface area contributed by atoms with Crippen molar-refractivity contribution in [1.82, 2.24) is 0 Å². The van der Waals surface area contributed by atoms with Crippen LogP contribution in [0.3, 0.4) is 0 Å². The second-order valence-corrected chi connectivity index (χ2v) is 5.52. The van der Waals surface area contributed by atoms with Gasteiger partial charge in [-0.1, -0.05) is 6.08 Å². The summed E-state index contributed by atoms with van der Waals surface area (Å²) in [4.78, 5) is 9.57. The van der Waals surface area contributed by atoms with Crippen LogP contribution in [0.5, 0.6) is 0 Å². The Hall–Kier alpha value is -1.78. The van der Waals surface area contributed by atoms with E-state index in [0.717, 1.165) is 13.0 Å². The minimum atomic E-state index is -5.58. The van der Waals surface area contributed by atoms with Gasteiger partial charge in [0.05, 0.1) is 5.56 Å². The SMILES string of the molecule is CC(=CCCO)C(=O)c1c(F)c(F)c(S(=O)(=O)O)c(F)c1F. The van der Waals surface area contributed by atoms with Crippen LogP contribution in [0.25, 0.3) is 0 Å². The number of rotatable bonds is 5. The zero-order valence-electron chi connectivity index (χ0n) is 11.0. The maximum atomic E-state index is 13.7. The van der Waals surface area contributed by atoms with E-state index in [0.29, 0.717) is 0 Å². The van der Waals surface area contributed by atoms with E-state index in [-0.39, 0.29) is 18.6 Å². The maximum Gasteiger partial charge on any atom is 0.300 e. The minimum absolute atomic E-state index is 0.0467. The Morgan fingerprint density at radius 3 is 1.91 bits per heavy atom. The normalized spacial score (nSPS) is 12.6. The monoisotopic (exact) mass is 342 g/mol. The predicted octanol–water partition coefficient (Wildman–Crippen LogP) is 2.00. The number of ketones is 1. The molecule has 1 aromatic rings. The summed E-state index contributed by atoms with van der Waals surface area (Å²) in [5, 5.41) is 8.57. The van der Waals surface area contributed by atoms with Gasteiger partial charge in [0.25, 0.3) is 0 Å². The molecule has 22 heavy (non-hydrogen) atoms. The third-order valence-corrected chi connectivity index (χ3v) is 3.52. The molecule has 5 nitrogen and oxygen atoms in total. The van der Waals surface area contributed by atoms with Crippen LogP contribution >= 0.6 is 0 Å². The van der Waals surface area contributed by atoms with Crippen molar-refractivity contribution in [3.63, 3.8) is 0 Å². The Kier molecular flexibility index (Phi) is 5.44. The molecule has 0 saturated carbocycles. The van der Waals surface area contributed by atoms with E-state index < -0.39 is 49.6 Å². The standard InChI is InChI=1S/C12H10F4O5S/c1-5(3-2-4-17)11(18)6-7(13)9(15)12(22(19,20)21)10(16)8(6)14/h3,17H,2,4H2,1H3,(H,19,20,21). The van der Waals surface area contributed by atoms with Crippen molar-refractivity contribution < 1.29 is 40.4 Å². The molecular weight excluding hydrogens is 332 g/mol. The Labute approximate surface area is 122 Å². The zero-order chi connectivity index (χ0) is 17.2. The van der Waals surface area contributed by atoms with Crippen LogP contribution in [0.1, 0.15) is 23.7 Å². The molecule has 122 valence electrons. The average Bonchev–Trinajstić information content (AvgIpc) is 2.41. The molecule has 10 heteroatoms. The van der Waals surface area contributed by atoms with Crippen LogP contribution in [0.15, 0.2) is 16.5 Å². The highest BCUT2D eigenvalue weighted by atomic mass is 32.2. The first-order valence-electron chi connectivity index (χ1n) is 5.69. The van der Waals surface area contributed by atoms with Gasteiger partial charge in [-0.3, -0.25) is 9.35 Å². The summed E-state index contributed by atoms with van der Waals surface area (Å²) in [7, 11) is -5.58. The highest BCUT2D eigenvalue weighted by Crippen LogP contribution is 2.28. The Bertz CT molecular complexity index is 726. The summed E-state index contributed by atoms with van der Waals surface area (Å²) < 4.78 is 84.6. The Balaban J connectivity index is 3.64. The van der Waals surface area contributed by atoms with Gasteiger partial charge in [0, 0.05) is 6.61 Å². The molecule has 0 amide bonds. The number of hydrogen-bond donors (Lipinski definition) is 2. The largest absolute Gasteiger partial charge is 0.396 e. The van der Waals surface area contributed by atoms with E-state index in [2.05, 4.69) is 0 Å². The van der Waals surface area contributed by atoms with E-state index in [1.807, 2.05) is 0 Å². The molecule has 0 unspecified atom stereocenters. The fourth-order valence-electron chi connectivity index (χ4n) is 1.61.